The van der Waals surface area contributed by atoms with E-state index in [1.807, 2.05) is 32.0 Å². The van der Waals surface area contributed by atoms with E-state index >= 15 is 0 Å². The zero-order chi connectivity index (χ0) is 29.0. The predicted molar refractivity (Wildman–Crippen MR) is 156 cm³/mol. The summed E-state index contributed by atoms with van der Waals surface area (Å²) in [5.41, 5.74) is 4.38. The highest BCUT2D eigenvalue weighted by Crippen LogP contribution is 2.47. The molecular weight excluding hydrogens is 594 g/mol. The minimum absolute atomic E-state index is 0.0519. The maximum absolute atomic E-state index is 13.4. The van der Waals surface area contributed by atoms with Gasteiger partial charge in [0.15, 0.2) is 17.3 Å². The molecule has 2 unspecified atom stereocenters. The van der Waals surface area contributed by atoms with Gasteiger partial charge >= 0.3 is 0 Å². The first-order chi connectivity index (χ1) is 19.1. The van der Waals surface area contributed by atoms with E-state index in [0.717, 1.165) is 41.8 Å². The molecule has 212 valence electrons. The number of nitrogens with one attached hydrogen (secondary N) is 1. The van der Waals surface area contributed by atoms with Crippen molar-refractivity contribution in [1.82, 2.24) is 5.32 Å². The average molecular weight is 629 g/mol. The van der Waals surface area contributed by atoms with Gasteiger partial charge in [0.05, 0.1) is 40.1 Å². The van der Waals surface area contributed by atoms with E-state index in [9.17, 15) is 18.5 Å². The number of ketones is 1. The summed E-state index contributed by atoms with van der Waals surface area (Å²) in [5.74, 6) is 0.866. The number of allylic oxidation sites excluding steroid dienone is 4. The van der Waals surface area contributed by atoms with Crippen molar-refractivity contribution < 1.29 is 22.7 Å². The highest BCUT2D eigenvalue weighted by molar-refractivity contribution is 9.10. The van der Waals surface area contributed by atoms with Gasteiger partial charge in [-0.3, -0.25) is 4.79 Å². The molecule has 2 aromatic carbocycles. The molecule has 0 bridgehead atoms. The molecule has 1 aliphatic carbocycles. The molecule has 0 aromatic heterocycles. The molecule has 8 nitrogen and oxygen atoms in total. The Hall–Kier alpha value is -3.13. The molecule has 2 aromatic rings. The third-order valence-electron chi connectivity index (χ3n) is 7.26. The van der Waals surface area contributed by atoms with Crippen LogP contribution in [-0.4, -0.2) is 27.4 Å². The fourth-order valence-electron chi connectivity index (χ4n) is 5.52. The van der Waals surface area contributed by atoms with Crippen LogP contribution in [0.2, 0.25) is 0 Å². The van der Waals surface area contributed by atoms with Crippen LogP contribution < -0.4 is 19.9 Å². The Labute approximate surface area is 244 Å². The van der Waals surface area contributed by atoms with Crippen molar-refractivity contribution in [1.29, 1.82) is 5.26 Å². The molecule has 3 N–H and O–H groups in total. The van der Waals surface area contributed by atoms with Crippen LogP contribution >= 0.6 is 15.9 Å². The molecule has 2 atom stereocenters. The minimum Gasteiger partial charge on any atom is -0.490 e. The summed E-state index contributed by atoms with van der Waals surface area (Å²) < 4.78 is 36.1. The number of benzene rings is 2. The number of nitrogens with two attached hydrogens (primary N) is 1. The van der Waals surface area contributed by atoms with E-state index in [-0.39, 0.29) is 17.3 Å². The van der Waals surface area contributed by atoms with Crippen molar-refractivity contribution in [2.45, 2.75) is 63.7 Å². The monoisotopic (exact) mass is 627 g/mol. The number of rotatable bonds is 10. The van der Waals surface area contributed by atoms with Gasteiger partial charge in [-0.1, -0.05) is 25.5 Å². The summed E-state index contributed by atoms with van der Waals surface area (Å²) >= 11 is 3.63. The largest absolute Gasteiger partial charge is 0.490 e. The lowest BCUT2D eigenvalue weighted by molar-refractivity contribution is -0.117. The Morgan fingerprint density at radius 2 is 1.95 bits per heavy atom. The zero-order valence-electron chi connectivity index (χ0n) is 22.9. The highest BCUT2D eigenvalue weighted by Gasteiger charge is 2.39. The maximum Gasteiger partial charge on any atom is 0.238 e. The zero-order valence-corrected chi connectivity index (χ0v) is 25.3. The lowest BCUT2D eigenvalue weighted by atomic mass is 9.72. The van der Waals surface area contributed by atoms with Crippen LogP contribution in [0.5, 0.6) is 11.5 Å². The van der Waals surface area contributed by atoms with Crippen molar-refractivity contribution in [3.8, 4) is 17.6 Å². The van der Waals surface area contributed by atoms with Crippen molar-refractivity contribution in [3.63, 3.8) is 0 Å². The number of halogens is 1. The molecule has 0 saturated heterocycles. The van der Waals surface area contributed by atoms with Gasteiger partial charge in [0.1, 0.15) is 0 Å². The van der Waals surface area contributed by atoms with Gasteiger partial charge in [0, 0.05) is 29.8 Å². The molecule has 2 aliphatic rings. The van der Waals surface area contributed by atoms with Gasteiger partial charge in [-0.2, -0.15) is 5.26 Å². The van der Waals surface area contributed by atoms with Gasteiger partial charge in [-0.25, -0.2) is 13.6 Å². The number of nitriles is 1. The Morgan fingerprint density at radius 3 is 2.62 bits per heavy atom. The fourth-order valence-corrected chi connectivity index (χ4v) is 6.68. The lowest BCUT2D eigenvalue weighted by Crippen LogP contribution is -2.34. The topological polar surface area (TPSA) is 132 Å². The molecule has 0 radical (unpaired) electrons. The van der Waals surface area contributed by atoms with Crippen molar-refractivity contribution in [2.24, 2.45) is 11.1 Å². The minimum atomic E-state index is -3.80. The number of carbonyl (C=O) groups excluding carboxylic acids is 1. The SMILES string of the molecule is CCCC1CC(=O)C2=C(C1)NC(C)=C(C#N)C2c1cc(Br)c(OCCc2cccc(S(N)(=O)=O)c2)c(OCC)c1. The summed E-state index contributed by atoms with van der Waals surface area (Å²) in [5, 5.41) is 18.7. The molecule has 10 heteroatoms. The van der Waals surface area contributed by atoms with Gasteiger partial charge in [-0.05, 0) is 83.9 Å². The fraction of sp³-hybridized carbons (Fsp3) is 0.400. The van der Waals surface area contributed by atoms with Crippen molar-refractivity contribution >= 4 is 31.7 Å². The summed E-state index contributed by atoms with van der Waals surface area (Å²) in [6.07, 6.45) is 3.72. The smallest absolute Gasteiger partial charge is 0.238 e. The van der Waals surface area contributed by atoms with Gasteiger partial charge in [-0.15, -0.1) is 0 Å². The van der Waals surface area contributed by atoms with Crippen LogP contribution in [0.15, 0.2) is 68.3 Å². The van der Waals surface area contributed by atoms with Crippen LogP contribution in [0.25, 0.3) is 0 Å². The Kier molecular flexibility index (Phi) is 9.39. The first-order valence-electron chi connectivity index (χ1n) is 13.4. The van der Waals surface area contributed by atoms with Crippen LogP contribution in [0.1, 0.15) is 63.5 Å². The molecule has 0 saturated carbocycles. The van der Waals surface area contributed by atoms with Crippen LogP contribution in [0, 0.1) is 17.2 Å². The highest BCUT2D eigenvalue weighted by atomic mass is 79.9. The summed E-state index contributed by atoms with van der Waals surface area (Å²) in [7, 11) is -3.80. The van der Waals surface area contributed by atoms with Crippen molar-refractivity contribution in [2.75, 3.05) is 13.2 Å². The second kappa shape index (κ2) is 12.6. The summed E-state index contributed by atoms with van der Waals surface area (Å²) in [6.45, 7) is 6.53. The van der Waals surface area contributed by atoms with E-state index in [1.54, 1.807) is 6.07 Å². The number of nitrogens with zero attached hydrogens (tertiary/aromatic N) is 1. The van der Waals surface area contributed by atoms with E-state index in [4.69, 9.17) is 14.6 Å². The number of hydrogen-bond acceptors (Lipinski definition) is 7. The van der Waals surface area contributed by atoms with Crippen LogP contribution in [-0.2, 0) is 21.2 Å². The number of hydrogen-bond donors (Lipinski definition) is 2. The van der Waals surface area contributed by atoms with Gasteiger partial charge < -0.3 is 14.8 Å². The molecular formula is C30H34BrN3O5S. The molecule has 0 amide bonds. The molecule has 0 fully saturated rings. The number of ether oxygens (including phenoxy) is 2. The molecule has 40 heavy (non-hydrogen) atoms. The number of carbonyl (C=O) groups is 1. The standard InChI is InChI=1S/C30H34BrN3O5S/c1-4-7-20-13-25-29(26(35)14-20)28(23(17-32)18(3)34-25)21-15-24(31)30(27(16-21)38-5-2)39-11-10-19-8-6-9-22(12-19)40(33,36)37/h6,8-9,12,15-16,20,28,34H,4-5,7,10-11,13-14H2,1-3H3,(H2,33,36,37). The number of primary sulfonamides is 1. The third kappa shape index (κ3) is 6.43. The van der Waals surface area contributed by atoms with E-state index in [2.05, 4.69) is 34.2 Å². The predicted octanol–water partition coefficient (Wildman–Crippen LogP) is 5.63. The molecule has 4 rings (SSSR count). The normalized spacial score (nSPS) is 19.1. The molecule has 1 heterocycles. The Bertz CT molecular complexity index is 1520. The molecule has 1 aliphatic heterocycles. The second-order valence-corrected chi connectivity index (χ2v) is 12.6. The summed E-state index contributed by atoms with van der Waals surface area (Å²) in [6, 6.07) is 12.5. The van der Waals surface area contributed by atoms with Crippen LogP contribution in [0.4, 0.5) is 0 Å². The van der Waals surface area contributed by atoms with Gasteiger partial charge in [0.25, 0.3) is 0 Å². The van der Waals surface area contributed by atoms with Gasteiger partial charge in [0.2, 0.25) is 10.0 Å². The van der Waals surface area contributed by atoms with E-state index in [1.165, 1.54) is 12.1 Å². The van der Waals surface area contributed by atoms with Crippen molar-refractivity contribution in [3.05, 3.63) is 74.5 Å². The Morgan fingerprint density at radius 1 is 1.18 bits per heavy atom. The first kappa shape index (κ1) is 29.8. The third-order valence-corrected chi connectivity index (χ3v) is 8.76. The van der Waals surface area contributed by atoms with E-state index in [0.29, 0.717) is 52.5 Å². The lowest BCUT2D eigenvalue weighted by Gasteiger charge is -2.35. The summed E-state index contributed by atoms with van der Waals surface area (Å²) in [4.78, 5) is 13.5. The number of sulfonamides is 1. The number of Topliss-reactive ketones (excluding diaryl/α,β-unsaturated/α-hetero) is 1. The number of dihydropyridines is 1. The van der Waals surface area contributed by atoms with Crippen LogP contribution in [0.3, 0.4) is 0 Å². The average Bonchev–Trinajstić information content (AvgIpc) is 2.89. The first-order valence-corrected chi connectivity index (χ1v) is 15.8. The molecule has 0 spiro atoms. The maximum atomic E-state index is 13.4. The van der Waals surface area contributed by atoms with E-state index < -0.39 is 15.9 Å². The quantitative estimate of drug-likeness (QED) is 0.349. The second-order valence-electron chi connectivity index (χ2n) is 10.1. The Balaban J connectivity index is 1.66.